The van der Waals surface area contributed by atoms with Crippen molar-refractivity contribution in [2.75, 3.05) is 0 Å². The summed E-state index contributed by atoms with van der Waals surface area (Å²) in [5, 5.41) is 9.12. The molecular weight excluding hydrogens is 236 g/mol. The molecular formula is C16H16N2O. The monoisotopic (exact) mass is 252 g/mol. The van der Waals surface area contributed by atoms with E-state index < -0.39 is 0 Å². The summed E-state index contributed by atoms with van der Waals surface area (Å²) in [5.41, 5.74) is 3.43. The Hall–Kier alpha value is -2.34. The molecule has 1 aromatic heterocycles. The molecule has 0 aliphatic rings. The summed E-state index contributed by atoms with van der Waals surface area (Å²) in [6.07, 6.45) is 0. The van der Waals surface area contributed by atoms with Crippen molar-refractivity contribution in [1.29, 1.82) is 5.26 Å². The molecule has 0 saturated carbocycles. The van der Waals surface area contributed by atoms with Gasteiger partial charge in [-0.25, -0.2) is 0 Å². The molecule has 3 nitrogen and oxygen atoms in total. The number of nitriles is 1. The molecule has 0 fully saturated rings. The van der Waals surface area contributed by atoms with Gasteiger partial charge in [0, 0.05) is 11.3 Å². The molecule has 2 aromatic rings. The van der Waals surface area contributed by atoms with Crippen LogP contribution < -0.4 is 5.56 Å². The molecule has 0 unspecified atom stereocenters. The average Bonchev–Trinajstić information content (AvgIpc) is 2.38. The first-order valence-corrected chi connectivity index (χ1v) is 6.27. The largest absolute Gasteiger partial charge is 0.325 e. The molecule has 0 atom stereocenters. The third-order valence-corrected chi connectivity index (χ3v) is 3.17. The predicted molar refractivity (Wildman–Crippen MR) is 76.0 cm³/mol. The van der Waals surface area contributed by atoms with Crippen LogP contribution in [0.2, 0.25) is 0 Å². The number of aryl methyl sites for hydroxylation is 1. The molecule has 2 rings (SSSR count). The van der Waals surface area contributed by atoms with Crippen LogP contribution in [0.15, 0.2) is 35.1 Å². The first kappa shape index (κ1) is 13.1. The minimum absolute atomic E-state index is 0.169. The number of nitrogens with one attached hydrogen (secondary N) is 1. The standard InChI is InChI=1S/C16H16N2O/c1-10(2)12-4-6-13(7-5-12)14-8-11(3)18-16(19)15(14)9-17/h4-8,10H,1-3H3,(H,18,19). The lowest BCUT2D eigenvalue weighted by molar-refractivity contribution is 0.867. The smallest absolute Gasteiger partial charge is 0.266 e. The maximum absolute atomic E-state index is 11.8. The fraction of sp³-hybridized carbons (Fsp3) is 0.250. The summed E-state index contributed by atoms with van der Waals surface area (Å²) in [7, 11) is 0. The summed E-state index contributed by atoms with van der Waals surface area (Å²) in [4.78, 5) is 14.4. The van der Waals surface area contributed by atoms with Crippen LogP contribution in [-0.2, 0) is 0 Å². The van der Waals surface area contributed by atoms with Crippen LogP contribution in [0.25, 0.3) is 11.1 Å². The molecule has 3 heteroatoms. The van der Waals surface area contributed by atoms with Crippen LogP contribution >= 0.6 is 0 Å². The van der Waals surface area contributed by atoms with E-state index in [0.29, 0.717) is 11.5 Å². The zero-order valence-corrected chi connectivity index (χ0v) is 11.3. The summed E-state index contributed by atoms with van der Waals surface area (Å²) < 4.78 is 0. The number of benzene rings is 1. The Balaban J connectivity index is 2.59. The van der Waals surface area contributed by atoms with E-state index in [1.807, 2.05) is 43.3 Å². The lowest BCUT2D eigenvalue weighted by atomic mass is 9.97. The maximum atomic E-state index is 11.8. The second-order valence-electron chi connectivity index (χ2n) is 4.96. The van der Waals surface area contributed by atoms with E-state index in [1.165, 1.54) is 5.56 Å². The number of hydrogen-bond acceptors (Lipinski definition) is 2. The number of aromatic nitrogens is 1. The SMILES string of the molecule is Cc1cc(-c2ccc(C(C)C)cc2)c(C#N)c(=O)[nH]1. The molecule has 96 valence electrons. The topological polar surface area (TPSA) is 56.6 Å². The second-order valence-corrected chi connectivity index (χ2v) is 4.96. The van der Waals surface area contributed by atoms with Crippen LogP contribution in [0, 0.1) is 18.3 Å². The van der Waals surface area contributed by atoms with Crippen molar-refractivity contribution in [2.45, 2.75) is 26.7 Å². The zero-order chi connectivity index (χ0) is 14.0. The molecule has 19 heavy (non-hydrogen) atoms. The Bertz CT molecular complexity index is 688. The molecule has 0 bridgehead atoms. The Kier molecular flexibility index (Phi) is 3.52. The Morgan fingerprint density at radius 3 is 2.37 bits per heavy atom. The van der Waals surface area contributed by atoms with E-state index in [4.69, 9.17) is 5.26 Å². The highest BCUT2D eigenvalue weighted by molar-refractivity contribution is 5.70. The number of H-pyrrole nitrogens is 1. The lowest BCUT2D eigenvalue weighted by Gasteiger charge is -2.08. The highest BCUT2D eigenvalue weighted by atomic mass is 16.1. The van der Waals surface area contributed by atoms with E-state index in [0.717, 1.165) is 11.3 Å². The Labute approximate surface area is 112 Å². The molecule has 1 aromatic carbocycles. The molecule has 0 saturated heterocycles. The molecule has 0 aliphatic heterocycles. The van der Waals surface area contributed by atoms with Crippen molar-refractivity contribution in [3.8, 4) is 17.2 Å². The zero-order valence-electron chi connectivity index (χ0n) is 11.3. The van der Waals surface area contributed by atoms with E-state index in [1.54, 1.807) is 0 Å². The summed E-state index contributed by atoms with van der Waals surface area (Å²) >= 11 is 0. The number of rotatable bonds is 2. The van der Waals surface area contributed by atoms with Gasteiger partial charge in [-0.15, -0.1) is 0 Å². The minimum Gasteiger partial charge on any atom is -0.325 e. The van der Waals surface area contributed by atoms with Gasteiger partial charge < -0.3 is 4.98 Å². The molecule has 1 N–H and O–H groups in total. The second kappa shape index (κ2) is 5.11. The van der Waals surface area contributed by atoms with E-state index in [9.17, 15) is 4.79 Å². The predicted octanol–water partition coefficient (Wildman–Crippen LogP) is 3.35. The number of hydrogen-bond donors (Lipinski definition) is 1. The van der Waals surface area contributed by atoms with Gasteiger partial charge >= 0.3 is 0 Å². The molecule has 0 amide bonds. The van der Waals surface area contributed by atoms with Crippen molar-refractivity contribution < 1.29 is 0 Å². The third kappa shape index (κ3) is 2.58. The van der Waals surface area contributed by atoms with Crippen molar-refractivity contribution in [3.63, 3.8) is 0 Å². The van der Waals surface area contributed by atoms with Crippen molar-refractivity contribution in [2.24, 2.45) is 0 Å². The third-order valence-electron chi connectivity index (χ3n) is 3.17. The maximum Gasteiger partial charge on any atom is 0.266 e. The van der Waals surface area contributed by atoms with Crippen LogP contribution in [0.5, 0.6) is 0 Å². The van der Waals surface area contributed by atoms with Gasteiger partial charge in [-0.05, 0) is 30.0 Å². The first-order chi connectivity index (χ1) is 9.02. The van der Waals surface area contributed by atoms with Crippen LogP contribution in [0.1, 0.15) is 36.6 Å². The van der Waals surface area contributed by atoms with Gasteiger partial charge in [0.1, 0.15) is 11.6 Å². The van der Waals surface area contributed by atoms with Crippen molar-refractivity contribution >= 4 is 0 Å². The Morgan fingerprint density at radius 1 is 1.21 bits per heavy atom. The van der Waals surface area contributed by atoms with Crippen LogP contribution in [0.3, 0.4) is 0 Å². The summed E-state index contributed by atoms with van der Waals surface area (Å²) in [6, 6.07) is 11.8. The molecule has 0 radical (unpaired) electrons. The minimum atomic E-state index is -0.328. The number of pyridine rings is 1. The van der Waals surface area contributed by atoms with E-state index >= 15 is 0 Å². The van der Waals surface area contributed by atoms with Gasteiger partial charge in [0.25, 0.3) is 5.56 Å². The van der Waals surface area contributed by atoms with Gasteiger partial charge in [-0.3, -0.25) is 4.79 Å². The van der Waals surface area contributed by atoms with Crippen LogP contribution in [-0.4, -0.2) is 4.98 Å². The average molecular weight is 252 g/mol. The van der Waals surface area contributed by atoms with Crippen molar-refractivity contribution in [3.05, 3.63) is 57.5 Å². The normalized spacial score (nSPS) is 10.5. The van der Waals surface area contributed by atoms with Crippen molar-refractivity contribution in [1.82, 2.24) is 4.98 Å². The summed E-state index contributed by atoms with van der Waals surface area (Å²) in [6.45, 7) is 6.08. The quantitative estimate of drug-likeness (QED) is 0.891. The fourth-order valence-electron chi connectivity index (χ4n) is 2.07. The van der Waals surface area contributed by atoms with Gasteiger partial charge in [0.15, 0.2) is 0 Å². The van der Waals surface area contributed by atoms with Crippen LogP contribution in [0.4, 0.5) is 0 Å². The molecule has 0 aliphatic carbocycles. The summed E-state index contributed by atoms with van der Waals surface area (Å²) in [5.74, 6) is 0.463. The first-order valence-electron chi connectivity index (χ1n) is 6.27. The number of aromatic amines is 1. The van der Waals surface area contributed by atoms with Gasteiger partial charge in [-0.2, -0.15) is 5.26 Å². The molecule has 0 spiro atoms. The van der Waals surface area contributed by atoms with E-state index in [-0.39, 0.29) is 11.1 Å². The van der Waals surface area contributed by atoms with Gasteiger partial charge in [-0.1, -0.05) is 38.1 Å². The number of nitrogens with zero attached hydrogens (tertiary/aromatic N) is 1. The van der Waals surface area contributed by atoms with Gasteiger partial charge in [0.05, 0.1) is 0 Å². The lowest BCUT2D eigenvalue weighted by Crippen LogP contribution is -2.12. The fourth-order valence-corrected chi connectivity index (χ4v) is 2.07. The Morgan fingerprint density at radius 2 is 1.84 bits per heavy atom. The highest BCUT2D eigenvalue weighted by Gasteiger charge is 2.10. The van der Waals surface area contributed by atoms with E-state index in [2.05, 4.69) is 18.8 Å². The molecule has 1 heterocycles. The van der Waals surface area contributed by atoms with Gasteiger partial charge in [0.2, 0.25) is 0 Å². The highest BCUT2D eigenvalue weighted by Crippen LogP contribution is 2.24.